The van der Waals surface area contributed by atoms with Gasteiger partial charge in [0.25, 0.3) is 0 Å². The molecule has 4 aromatic carbocycles. The van der Waals surface area contributed by atoms with Crippen LogP contribution in [0.5, 0.6) is 0 Å². The molecule has 1 fully saturated rings. The van der Waals surface area contributed by atoms with Crippen LogP contribution in [0.4, 0.5) is 0 Å². The van der Waals surface area contributed by atoms with E-state index in [0.717, 1.165) is 40.9 Å². The van der Waals surface area contributed by atoms with Crippen LogP contribution < -0.4 is 5.19 Å². The Kier molecular flexibility index (Phi) is 9.26. The van der Waals surface area contributed by atoms with E-state index < -0.39 is 14.0 Å². The third kappa shape index (κ3) is 6.91. The van der Waals surface area contributed by atoms with Crippen LogP contribution in [0.2, 0.25) is 19.6 Å². The molecule has 0 aliphatic heterocycles. The van der Waals surface area contributed by atoms with E-state index in [-0.39, 0.29) is 20.1 Å². The summed E-state index contributed by atoms with van der Waals surface area (Å²) in [5, 5.41) is 6.59. The molecule has 1 aliphatic carbocycles. The Morgan fingerprint density at radius 2 is 1.62 bits per heavy atom. The molecular formula is C42H40IrN2SSi-2. The predicted octanol–water partition coefficient (Wildman–Crippen LogP) is 11.3. The fourth-order valence-corrected chi connectivity index (χ4v) is 9.47. The van der Waals surface area contributed by atoms with Crippen molar-refractivity contribution in [2.45, 2.75) is 59.1 Å². The summed E-state index contributed by atoms with van der Waals surface area (Å²) >= 11 is 1.84. The first-order valence-electron chi connectivity index (χ1n) is 16.7. The van der Waals surface area contributed by atoms with Crippen molar-refractivity contribution in [3.8, 4) is 22.5 Å². The van der Waals surface area contributed by atoms with Crippen LogP contribution in [0.3, 0.4) is 0 Å². The van der Waals surface area contributed by atoms with Gasteiger partial charge >= 0.3 is 0 Å². The van der Waals surface area contributed by atoms with Crippen molar-refractivity contribution in [1.82, 2.24) is 9.97 Å². The fraction of sp³-hybridized carbons (Fsp3) is 0.238. The van der Waals surface area contributed by atoms with Gasteiger partial charge in [0.2, 0.25) is 0 Å². The average Bonchev–Trinajstić information content (AvgIpc) is 3.86. The van der Waals surface area contributed by atoms with E-state index in [9.17, 15) is 0 Å². The first-order valence-corrected chi connectivity index (χ1v) is 20.5. The maximum Gasteiger partial charge on any atom is 0.0798 e. The van der Waals surface area contributed by atoms with Gasteiger partial charge < -0.3 is 9.97 Å². The SMILES string of the molecule is Cc1cc(-c2[c-]cccc2)ncc1[Si](C)(C)C.[2H]C(C)(c1ccnc(-c2[c-]ccc3c2sc2c4cc(C)ccc4ccc32)c1)C1CC1.[Ir]. The number of aryl methyl sites for hydroxylation is 2. The molecule has 0 saturated heterocycles. The molecule has 7 aromatic rings. The summed E-state index contributed by atoms with van der Waals surface area (Å²) in [6, 6.07) is 36.3. The second-order valence-electron chi connectivity index (χ2n) is 13.7. The normalized spacial score (nSPS) is 14.6. The van der Waals surface area contributed by atoms with Gasteiger partial charge in [0.1, 0.15) is 0 Å². The molecule has 2 nitrogen and oxygen atoms in total. The van der Waals surface area contributed by atoms with E-state index in [1.54, 1.807) is 0 Å². The van der Waals surface area contributed by atoms with Gasteiger partial charge in [0, 0.05) is 38.6 Å². The van der Waals surface area contributed by atoms with Crippen molar-refractivity contribution >= 4 is 55.5 Å². The molecule has 47 heavy (non-hydrogen) atoms. The van der Waals surface area contributed by atoms with E-state index in [1.807, 2.05) is 54.8 Å². The molecule has 1 atom stereocenters. The second-order valence-corrected chi connectivity index (χ2v) is 19.7. The van der Waals surface area contributed by atoms with E-state index in [4.69, 9.17) is 6.35 Å². The van der Waals surface area contributed by atoms with Gasteiger partial charge in [-0.15, -0.1) is 59.7 Å². The zero-order chi connectivity index (χ0) is 32.9. The zero-order valence-corrected chi connectivity index (χ0v) is 32.1. The second kappa shape index (κ2) is 13.6. The smallest absolute Gasteiger partial charge is 0.0798 e. The molecule has 1 unspecified atom stereocenters. The minimum absolute atomic E-state index is 0. The molecule has 1 aliphatic rings. The molecule has 5 heteroatoms. The van der Waals surface area contributed by atoms with Crippen molar-refractivity contribution in [2.24, 2.45) is 5.92 Å². The summed E-state index contributed by atoms with van der Waals surface area (Å²) in [4.78, 5) is 9.27. The minimum atomic E-state index is -1.27. The predicted molar refractivity (Wildman–Crippen MR) is 201 cm³/mol. The van der Waals surface area contributed by atoms with E-state index in [2.05, 4.69) is 111 Å². The van der Waals surface area contributed by atoms with E-state index in [0.29, 0.717) is 5.92 Å². The molecule has 3 aromatic heterocycles. The topological polar surface area (TPSA) is 25.8 Å². The number of hydrogen-bond acceptors (Lipinski definition) is 3. The summed E-state index contributed by atoms with van der Waals surface area (Å²) in [7, 11) is -1.27. The third-order valence-electron chi connectivity index (χ3n) is 9.14. The first-order chi connectivity index (χ1) is 22.5. The Balaban J connectivity index is 0.000000191. The molecule has 0 spiro atoms. The monoisotopic (exact) mass is 826 g/mol. The Morgan fingerprint density at radius 3 is 2.34 bits per heavy atom. The molecule has 239 valence electrons. The van der Waals surface area contributed by atoms with Gasteiger partial charge in [-0.05, 0) is 82.0 Å². The third-order valence-corrected chi connectivity index (χ3v) is 12.5. The molecule has 1 saturated carbocycles. The number of rotatable bonds is 5. The largest absolute Gasteiger partial charge is 0.305 e. The van der Waals surface area contributed by atoms with E-state index in [1.165, 1.54) is 47.3 Å². The van der Waals surface area contributed by atoms with Crippen LogP contribution in [-0.2, 0) is 20.1 Å². The summed E-state index contributed by atoms with van der Waals surface area (Å²) < 4.78 is 11.4. The number of thiophene rings is 1. The Labute approximate surface area is 299 Å². The van der Waals surface area contributed by atoms with Crippen LogP contribution in [0.1, 0.15) is 43.7 Å². The quantitative estimate of drug-likeness (QED) is 0.128. The number of benzene rings is 4. The molecule has 8 rings (SSSR count). The number of hydrogen-bond donors (Lipinski definition) is 0. The summed E-state index contributed by atoms with van der Waals surface area (Å²) in [6.07, 6.45) is 6.22. The van der Waals surface area contributed by atoms with Gasteiger partial charge in [-0.25, -0.2) is 0 Å². The summed E-state index contributed by atoms with van der Waals surface area (Å²) in [5.41, 5.74) is 7.74. The van der Waals surface area contributed by atoms with Crippen molar-refractivity contribution in [3.63, 3.8) is 0 Å². The van der Waals surface area contributed by atoms with Crippen LogP contribution in [0.25, 0.3) is 53.5 Å². The number of aromatic nitrogens is 2. The van der Waals surface area contributed by atoms with Crippen molar-refractivity contribution in [2.75, 3.05) is 0 Å². The van der Waals surface area contributed by atoms with E-state index >= 15 is 0 Å². The number of fused-ring (bicyclic) bond motifs is 5. The molecule has 0 amide bonds. The van der Waals surface area contributed by atoms with Crippen LogP contribution >= 0.6 is 11.3 Å². The van der Waals surface area contributed by atoms with Crippen LogP contribution in [-0.4, -0.2) is 18.0 Å². The van der Waals surface area contributed by atoms with Crippen molar-refractivity contribution < 1.29 is 21.5 Å². The number of nitrogens with zero attached hydrogens (tertiary/aromatic N) is 2. The Bertz CT molecular complexity index is 2250. The zero-order valence-electron chi connectivity index (χ0n) is 28.9. The van der Waals surface area contributed by atoms with Crippen molar-refractivity contribution in [3.05, 3.63) is 126 Å². The average molecular weight is 826 g/mol. The summed E-state index contributed by atoms with van der Waals surface area (Å²) in [5.74, 6) is -0.0779. The van der Waals surface area contributed by atoms with Gasteiger partial charge in [-0.1, -0.05) is 91.1 Å². The molecule has 0 bridgehead atoms. The van der Waals surface area contributed by atoms with Gasteiger partial charge in [-0.2, -0.15) is 11.3 Å². The van der Waals surface area contributed by atoms with Gasteiger partial charge in [-0.3, -0.25) is 0 Å². The summed E-state index contributed by atoms with van der Waals surface area (Å²) in [6.45, 7) is 13.4. The molecular weight excluding hydrogens is 785 g/mol. The molecule has 0 N–H and O–H groups in total. The number of pyridine rings is 2. The maximum atomic E-state index is 8.87. The molecule has 3 heterocycles. The Hall–Kier alpha value is -3.47. The van der Waals surface area contributed by atoms with Gasteiger partial charge in [0.15, 0.2) is 0 Å². The molecule has 1 radical (unpaired) electrons. The van der Waals surface area contributed by atoms with Crippen LogP contribution in [0, 0.1) is 31.9 Å². The van der Waals surface area contributed by atoms with Gasteiger partial charge in [0.05, 0.1) is 8.07 Å². The minimum Gasteiger partial charge on any atom is -0.305 e. The van der Waals surface area contributed by atoms with Crippen LogP contribution in [0.15, 0.2) is 97.3 Å². The standard InChI is InChI=1S/C27H22NS.C15H18NSi.Ir/c1-16-6-7-19-10-11-22-21-4-3-5-23(26(21)29-27(22)24(19)14-16)25-15-20(12-13-28-25)17(2)18-8-9-18;1-12-10-14(13-8-6-5-7-9-13)16-11-15(12)17(2,3)4;/h3-4,6-7,10-15,17-18H,8-9H2,1-2H3;5-8,10-11H,1-4H3;/q2*-1;/i17D;;. The van der Waals surface area contributed by atoms with Crippen molar-refractivity contribution in [1.29, 1.82) is 0 Å². The maximum absolute atomic E-state index is 8.87. The fourth-order valence-electron chi connectivity index (χ4n) is 6.43. The Morgan fingerprint density at radius 1 is 0.830 bits per heavy atom. The first kappa shape index (κ1) is 32.1.